The predicted octanol–water partition coefficient (Wildman–Crippen LogP) is 2.56. The van der Waals surface area contributed by atoms with Gasteiger partial charge in [0.15, 0.2) is 0 Å². The van der Waals surface area contributed by atoms with Crippen LogP contribution in [0.2, 0.25) is 0 Å². The van der Waals surface area contributed by atoms with Crippen LogP contribution in [-0.4, -0.2) is 36.0 Å². The molecule has 0 radical (unpaired) electrons. The fourth-order valence-electron chi connectivity index (χ4n) is 4.39. The quantitative estimate of drug-likeness (QED) is 0.789. The lowest BCUT2D eigenvalue weighted by Gasteiger charge is -2.46. The van der Waals surface area contributed by atoms with Gasteiger partial charge < -0.3 is 10.2 Å². The number of carbonyl (C=O) groups is 1. The smallest absolute Gasteiger partial charge is 0.239 e. The highest BCUT2D eigenvalue weighted by atomic mass is 16.2. The van der Waals surface area contributed by atoms with Gasteiger partial charge in [-0.2, -0.15) is 0 Å². The Kier molecular flexibility index (Phi) is 4.11. The Hall–Kier alpha value is -0.570. The molecule has 0 spiro atoms. The van der Waals surface area contributed by atoms with Crippen molar-refractivity contribution < 1.29 is 4.79 Å². The molecule has 3 aliphatic rings. The summed E-state index contributed by atoms with van der Waals surface area (Å²) in [6, 6.07) is 0.665. The zero-order valence-electron chi connectivity index (χ0n) is 12.2. The molecule has 2 unspecified atom stereocenters. The summed E-state index contributed by atoms with van der Waals surface area (Å²) in [5, 5.41) is 3.45. The summed E-state index contributed by atoms with van der Waals surface area (Å²) in [6.45, 7) is 4.30. The van der Waals surface area contributed by atoms with Crippen LogP contribution in [0, 0.1) is 11.8 Å². The summed E-state index contributed by atoms with van der Waals surface area (Å²) >= 11 is 0. The second-order valence-corrected chi connectivity index (χ2v) is 6.92. The molecule has 2 saturated heterocycles. The van der Waals surface area contributed by atoms with Crippen LogP contribution in [-0.2, 0) is 4.79 Å². The highest BCUT2D eigenvalue weighted by Crippen LogP contribution is 2.36. The van der Waals surface area contributed by atoms with Crippen molar-refractivity contribution in [3.05, 3.63) is 0 Å². The standard InChI is InChI=1S/C16H28N2O/c1-12-8-9-17-14(11-12)16(19)18-10-4-6-13-5-2-3-7-15(13)18/h12-15,17H,2-11H2,1H3/t12?,13-,14?,15-/m1/s1. The number of nitrogens with zero attached hydrogens (tertiary/aromatic N) is 1. The van der Waals surface area contributed by atoms with Crippen molar-refractivity contribution >= 4 is 5.91 Å². The Morgan fingerprint density at radius 3 is 2.74 bits per heavy atom. The highest BCUT2D eigenvalue weighted by molar-refractivity contribution is 5.82. The van der Waals surface area contributed by atoms with Crippen LogP contribution < -0.4 is 5.32 Å². The van der Waals surface area contributed by atoms with Gasteiger partial charge in [-0.3, -0.25) is 4.79 Å². The molecule has 4 atom stereocenters. The van der Waals surface area contributed by atoms with Crippen molar-refractivity contribution in [2.75, 3.05) is 13.1 Å². The molecule has 108 valence electrons. The molecule has 19 heavy (non-hydrogen) atoms. The van der Waals surface area contributed by atoms with E-state index in [1.807, 2.05) is 0 Å². The van der Waals surface area contributed by atoms with Crippen molar-refractivity contribution in [1.29, 1.82) is 0 Å². The topological polar surface area (TPSA) is 32.3 Å². The molecule has 1 aliphatic carbocycles. The molecule has 0 aromatic rings. The molecule has 3 rings (SSSR count). The second-order valence-electron chi connectivity index (χ2n) is 6.92. The van der Waals surface area contributed by atoms with Gasteiger partial charge in [-0.1, -0.05) is 19.8 Å². The van der Waals surface area contributed by atoms with E-state index >= 15 is 0 Å². The molecular weight excluding hydrogens is 236 g/mol. The van der Waals surface area contributed by atoms with Crippen molar-refractivity contribution in [3.8, 4) is 0 Å². The molecular formula is C16H28N2O. The maximum Gasteiger partial charge on any atom is 0.239 e. The molecule has 1 amide bonds. The summed E-state index contributed by atoms with van der Waals surface area (Å²) in [5.41, 5.74) is 0. The summed E-state index contributed by atoms with van der Waals surface area (Å²) in [6.07, 6.45) is 10.1. The van der Waals surface area contributed by atoms with Crippen LogP contribution >= 0.6 is 0 Å². The Bertz CT molecular complexity index is 329. The lowest BCUT2D eigenvalue weighted by atomic mass is 9.78. The van der Waals surface area contributed by atoms with Gasteiger partial charge in [0.05, 0.1) is 6.04 Å². The number of amides is 1. The van der Waals surface area contributed by atoms with Gasteiger partial charge in [-0.15, -0.1) is 0 Å². The molecule has 1 N–H and O–H groups in total. The third-order valence-electron chi connectivity index (χ3n) is 5.49. The Balaban J connectivity index is 1.67. The van der Waals surface area contributed by atoms with Gasteiger partial charge in [0.1, 0.15) is 0 Å². The van der Waals surface area contributed by atoms with Crippen LogP contribution in [0.1, 0.15) is 58.3 Å². The third-order valence-corrected chi connectivity index (χ3v) is 5.49. The van der Waals surface area contributed by atoms with Gasteiger partial charge in [0.25, 0.3) is 0 Å². The Labute approximate surface area is 117 Å². The molecule has 3 heteroatoms. The zero-order valence-corrected chi connectivity index (χ0v) is 12.2. The third kappa shape index (κ3) is 2.81. The number of likely N-dealkylation sites (tertiary alicyclic amines) is 1. The molecule has 2 aliphatic heterocycles. The van der Waals surface area contributed by atoms with Crippen molar-refractivity contribution in [2.24, 2.45) is 11.8 Å². The van der Waals surface area contributed by atoms with Gasteiger partial charge in [0, 0.05) is 12.6 Å². The summed E-state index contributed by atoms with van der Waals surface area (Å²) < 4.78 is 0. The first-order chi connectivity index (χ1) is 9.25. The molecule has 0 bridgehead atoms. The maximum absolute atomic E-state index is 12.8. The van der Waals surface area contributed by atoms with Crippen LogP contribution in [0.3, 0.4) is 0 Å². The number of nitrogens with one attached hydrogen (secondary N) is 1. The zero-order chi connectivity index (χ0) is 13.2. The fraction of sp³-hybridized carbons (Fsp3) is 0.938. The Morgan fingerprint density at radius 1 is 1.11 bits per heavy atom. The molecule has 3 fully saturated rings. The van der Waals surface area contributed by atoms with Crippen LogP contribution in [0.4, 0.5) is 0 Å². The SMILES string of the molecule is CC1CCNC(C(=O)N2CCC[C@H]3CCCC[C@H]32)C1. The van der Waals surface area contributed by atoms with Crippen molar-refractivity contribution in [1.82, 2.24) is 10.2 Å². The van der Waals surface area contributed by atoms with E-state index < -0.39 is 0 Å². The minimum Gasteiger partial charge on any atom is -0.338 e. The van der Waals surface area contributed by atoms with E-state index in [4.69, 9.17) is 0 Å². The number of fused-ring (bicyclic) bond motifs is 1. The molecule has 3 nitrogen and oxygen atoms in total. The molecule has 0 aromatic heterocycles. The molecule has 1 saturated carbocycles. The number of rotatable bonds is 1. The average molecular weight is 264 g/mol. The van der Waals surface area contributed by atoms with Crippen LogP contribution in [0.25, 0.3) is 0 Å². The molecule has 0 aromatic carbocycles. The first-order valence-corrected chi connectivity index (χ1v) is 8.29. The lowest BCUT2D eigenvalue weighted by molar-refractivity contribution is -0.140. The number of piperidine rings is 2. The van der Waals surface area contributed by atoms with Gasteiger partial charge in [-0.25, -0.2) is 0 Å². The van der Waals surface area contributed by atoms with Gasteiger partial charge in [-0.05, 0) is 56.9 Å². The van der Waals surface area contributed by atoms with Crippen LogP contribution in [0.15, 0.2) is 0 Å². The van der Waals surface area contributed by atoms with E-state index in [-0.39, 0.29) is 6.04 Å². The average Bonchev–Trinajstić information content (AvgIpc) is 2.46. The summed E-state index contributed by atoms with van der Waals surface area (Å²) in [4.78, 5) is 15.1. The molecule has 2 heterocycles. The first kappa shape index (κ1) is 13.4. The van der Waals surface area contributed by atoms with Gasteiger partial charge >= 0.3 is 0 Å². The number of carbonyl (C=O) groups excluding carboxylic acids is 1. The number of hydrogen-bond donors (Lipinski definition) is 1. The van der Waals surface area contributed by atoms with E-state index in [2.05, 4.69) is 17.1 Å². The Morgan fingerprint density at radius 2 is 1.89 bits per heavy atom. The predicted molar refractivity (Wildman–Crippen MR) is 76.9 cm³/mol. The van der Waals surface area contributed by atoms with E-state index in [9.17, 15) is 4.79 Å². The van der Waals surface area contributed by atoms with E-state index in [0.717, 1.165) is 25.4 Å². The minimum atomic E-state index is 0.101. The maximum atomic E-state index is 12.8. The van der Waals surface area contributed by atoms with Crippen molar-refractivity contribution in [3.63, 3.8) is 0 Å². The highest BCUT2D eigenvalue weighted by Gasteiger charge is 2.38. The minimum absolute atomic E-state index is 0.101. The number of hydrogen-bond acceptors (Lipinski definition) is 2. The monoisotopic (exact) mass is 264 g/mol. The van der Waals surface area contributed by atoms with E-state index in [1.165, 1.54) is 44.9 Å². The van der Waals surface area contributed by atoms with E-state index in [1.54, 1.807) is 0 Å². The first-order valence-electron chi connectivity index (χ1n) is 8.29. The fourth-order valence-corrected chi connectivity index (χ4v) is 4.39. The lowest BCUT2D eigenvalue weighted by Crippen LogP contribution is -2.56. The largest absolute Gasteiger partial charge is 0.338 e. The summed E-state index contributed by atoms with van der Waals surface area (Å²) in [7, 11) is 0. The van der Waals surface area contributed by atoms with E-state index in [0.29, 0.717) is 17.9 Å². The van der Waals surface area contributed by atoms with Gasteiger partial charge in [0.2, 0.25) is 5.91 Å². The summed E-state index contributed by atoms with van der Waals surface area (Å²) in [5.74, 6) is 1.90. The normalized spacial score (nSPS) is 39.7. The van der Waals surface area contributed by atoms with Crippen molar-refractivity contribution in [2.45, 2.75) is 70.4 Å². The van der Waals surface area contributed by atoms with Crippen LogP contribution in [0.5, 0.6) is 0 Å². The second kappa shape index (κ2) is 5.82.